The fourth-order valence-electron chi connectivity index (χ4n) is 2.71. The molecule has 0 spiro atoms. The standard InChI is InChI=1S/C18H16N4O2S2/c23-16(10-13-11-26-17(21-13)15-2-1-9-25-15)20-12-3-5-14(6-4-12)22-8-7-19-18(22)24/h1-6,9,11H,7-8,10H2,(H,19,24)(H,20,23). The molecule has 26 heavy (non-hydrogen) atoms. The summed E-state index contributed by atoms with van der Waals surface area (Å²) < 4.78 is 0. The maximum absolute atomic E-state index is 12.3. The van der Waals surface area contributed by atoms with Gasteiger partial charge in [-0.2, -0.15) is 0 Å². The van der Waals surface area contributed by atoms with Gasteiger partial charge in [-0.1, -0.05) is 6.07 Å². The van der Waals surface area contributed by atoms with Gasteiger partial charge in [0.05, 0.1) is 17.0 Å². The topological polar surface area (TPSA) is 74.3 Å². The van der Waals surface area contributed by atoms with Crippen LogP contribution >= 0.6 is 22.7 Å². The van der Waals surface area contributed by atoms with Gasteiger partial charge >= 0.3 is 6.03 Å². The van der Waals surface area contributed by atoms with E-state index in [1.807, 2.05) is 35.0 Å². The molecule has 1 fully saturated rings. The molecule has 0 bridgehead atoms. The Morgan fingerprint density at radius 3 is 2.77 bits per heavy atom. The summed E-state index contributed by atoms with van der Waals surface area (Å²) in [6, 6.07) is 11.2. The molecular formula is C18H16N4O2S2. The molecule has 3 heterocycles. The number of aromatic nitrogens is 1. The molecule has 3 aromatic rings. The maximum atomic E-state index is 12.3. The number of rotatable bonds is 5. The highest BCUT2D eigenvalue weighted by atomic mass is 32.1. The van der Waals surface area contributed by atoms with Crippen molar-refractivity contribution in [2.24, 2.45) is 0 Å². The van der Waals surface area contributed by atoms with Crippen LogP contribution in [0.25, 0.3) is 9.88 Å². The van der Waals surface area contributed by atoms with Crippen molar-refractivity contribution in [3.8, 4) is 9.88 Å². The predicted octanol–water partition coefficient (Wildman–Crippen LogP) is 3.58. The summed E-state index contributed by atoms with van der Waals surface area (Å²) in [6.45, 7) is 1.30. The van der Waals surface area contributed by atoms with Crippen molar-refractivity contribution in [2.45, 2.75) is 6.42 Å². The van der Waals surface area contributed by atoms with E-state index in [-0.39, 0.29) is 18.4 Å². The molecule has 4 rings (SSSR count). The van der Waals surface area contributed by atoms with Crippen LogP contribution in [0.5, 0.6) is 0 Å². The number of thiophene rings is 1. The Balaban J connectivity index is 1.37. The van der Waals surface area contributed by atoms with Gasteiger partial charge in [-0.3, -0.25) is 9.69 Å². The number of nitrogens with zero attached hydrogens (tertiary/aromatic N) is 2. The minimum absolute atomic E-state index is 0.0909. The van der Waals surface area contributed by atoms with E-state index in [1.165, 1.54) is 0 Å². The van der Waals surface area contributed by atoms with Crippen molar-refractivity contribution in [2.75, 3.05) is 23.3 Å². The zero-order chi connectivity index (χ0) is 17.9. The Kier molecular flexibility index (Phi) is 4.68. The Hall–Kier alpha value is -2.71. The normalized spacial score (nSPS) is 13.7. The van der Waals surface area contributed by atoms with E-state index in [0.717, 1.165) is 21.3 Å². The van der Waals surface area contributed by atoms with E-state index in [0.29, 0.717) is 18.8 Å². The SMILES string of the molecule is O=C(Cc1csc(-c2cccs2)n1)Nc1ccc(N2CCNC2=O)cc1. The van der Waals surface area contributed by atoms with Gasteiger partial charge < -0.3 is 10.6 Å². The van der Waals surface area contributed by atoms with Crippen molar-refractivity contribution < 1.29 is 9.59 Å². The van der Waals surface area contributed by atoms with Crippen LogP contribution < -0.4 is 15.5 Å². The number of carbonyl (C=O) groups is 2. The first-order chi connectivity index (χ1) is 12.7. The summed E-state index contributed by atoms with van der Waals surface area (Å²) in [6.07, 6.45) is 0.234. The van der Waals surface area contributed by atoms with E-state index >= 15 is 0 Å². The smallest absolute Gasteiger partial charge is 0.321 e. The van der Waals surface area contributed by atoms with Crippen LogP contribution in [0, 0.1) is 0 Å². The summed E-state index contributed by atoms with van der Waals surface area (Å²) in [5.41, 5.74) is 2.28. The van der Waals surface area contributed by atoms with Gasteiger partial charge in [-0.25, -0.2) is 9.78 Å². The Morgan fingerprint density at radius 1 is 1.23 bits per heavy atom. The number of hydrogen-bond acceptors (Lipinski definition) is 5. The lowest BCUT2D eigenvalue weighted by Crippen LogP contribution is -2.27. The monoisotopic (exact) mass is 384 g/mol. The second kappa shape index (κ2) is 7.27. The molecule has 1 aliphatic rings. The van der Waals surface area contributed by atoms with Crippen LogP contribution in [0.3, 0.4) is 0 Å². The molecular weight excluding hydrogens is 368 g/mol. The average Bonchev–Trinajstić information content (AvgIpc) is 3.37. The molecule has 0 unspecified atom stereocenters. The van der Waals surface area contributed by atoms with Crippen LogP contribution in [0.4, 0.5) is 16.2 Å². The average molecular weight is 384 g/mol. The van der Waals surface area contributed by atoms with Crippen molar-refractivity contribution in [1.82, 2.24) is 10.3 Å². The molecule has 3 amide bonds. The molecule has 1 aliphatic heterocycles. The third-order valence-electron chi connectivity index (χ3n) is 3.94. The zero-order valence-corrected chi connectivity index (χ0v) is 15.4. The van der Waals surface area contributed by atoms with Gasteiger partial charge in [0.25, 0.3) is 0 Å². The Bertz CT molecular complexity index is 919. The molecule has 0 aliphatic carbocycles. The van der Waals surface area contributed by atoms with Gasteiger partial charge in [-0.15, -0.1) is 22.7 Å². The van der Waals surface area contributed by atoms with E-state index < -0.39 is 0 Å². The molecule has 6 nitrogen and oxygen atoms in total. The number of anilines is 2. The molecule has 2 aromatic heterocycles. The predicted molar refractivity (Wildman–Crippen MR) is 105 cm³/mol. The van der Waals surface area contributed by atoms with Crippen LogP contribution in [-0.4, -0.2) is 30.0 Å². The molecule has 1 saturated heterocycles. The largest absolute Gasteiger partial charge is 0.336 e. The molecule has 0 radical (unpaired) electrons. The lowest BCUT2D eigenvalue weighted by molar-refractivity contribution is -0.115. The number of hydrogen-bond donors (Lipinski definition) is 2. The van der Waals surface area contributed by atoms with Gasteiger partial charge in [0.2, 0.25) is 5.91 Å². The summed E-state index contributed by atoms with van der Waals surface area (Å²) >= 11 is 3.19. The van der Waals surface area contributed by atoms with Gasteiger partial charge in [0, 0.05) is 29.8 Å². The number of nitrogens with one attached hydrogen (secondary N) is 2. The van der Waals surface area contributed by atoms with Crippen molar-refractivity contribution in [3.63, 3.8) is 0 Å². The number of benzene rings is 1. The lowest BCUT2D eigenvalue weighted by atomic mass is 10.2. The first-order valence-electron chi connectivity index (χ1n) is 8.12. The number of carbonyl (C=O) groups excluding carboxylic acids is 2. The quantitative estimate of drug-likeness (QED) is 0.706. The van der Waals surface area contributed by atoms with E-state index in [2.05, 4.69) is 15.6 Å². The van der Waals surface area contributed by atoms with Crippen LogP contribution in [0.15, 0.2) is 47.2 Å². The highest BCUT2D eigenvalue weighted by Gasteiger charge is 2.20. The highest BCUT2D eigenvalue weighted by Crippen LogP contribution is 2.28. The second-order valence-corrected chi connectivity index (χ2v) is 7.58. The van der Waals surface area contributed by atoms with Gasteiger partial charge in [0.1, 0.15) is 5.01 Å². The number of urea groups is 1. The Morgan fingerprint density at radius 2 is 2.08 bits per heavy atom. The minimum atomic E-state index is -0.111. The zero-order valence-electron chi connectivity index (χ0n) is 13.8. The van der Waals surface area contributed by atoms with Crippen LogP contribution in [0.2, 0.25) is 0 Å². The van der Waals surface area contributed by atoms with Crippen LogP contribution in [0.1, 0.15) is 5.69 Å². The summed E-state index contributed by atoms with van der Waals surface area (Å²) in [7, 11) is 0. The Labute approximate surface area is 158 Å². The maximum Gasteiger partial charge on any atom is 0.321 e. The van der Waals surface area contributed by atoms with E-state index in [9.17, 15) is 9.59 Å². The molecule has 132 valence electrons. The van der Waals surface area contributed by atoms with Gasteiger partial charge in [0.15, 0.2) is 0 Å². The number of thiazole rings is 1. The fraction of sp³-hybridized carbons (Fsp3) is 0.167. The third-order valence-corrected chi connectivity index (χ3v) is 5.88. The van der Waals surface area contributed by atoms with Crippen molar-refractivity contribution in [1.29, 1.82) is 0 Å². The van der Waals surface area contributed by atoms with Crippen molar-refractivity contribution >= 4 is 46.0 Å². The molecule has 0 atom stereocenters. The first-order valence-corrected chi connectivity index (χ1v) is 9.88. The summed E-state index contributed by atoms with van der Waals surface area (Å²) in [5, 5.41) is 10.5. The van der Waals surface area contributed by atoms with E-state index in [1.54, 1.807) is 39.7 Å². The second-order valence-electron chi connectivity index (χ2n) is 5.78. The van der Waals surface area contributed by atoms with Crippen molar-refractivity contribution in [3.05, 3.63) is 52.9 Å². The summed E-state index contributed by atoms with van der Waals surface area (Å²) in [5.74, 6) is -0.111. The van der Waals surface area contributed by atoms with Crippen LogP contribution in [-0.2, 0) is 11.2 Å². The van der Waals surface area contributed by atoms with E-state index in [4.69, 9.17) is 0 Å². The fourth-order valence-corrected chi connectivity index (χ4v) is 4.35. The number of amides is 3. The van der Waals surface area contributed by atoms with Gasteiger partial charge in [-0.05, 0) is 35.7 Å². The minimum Gasteiger partial charge on any atom is -0.336 e. The molecule has 2 N–H and O–H groups in total. The lowest BCUT2D eigenvalue weighted by Gasteiger charge is -2.14. The molecule has 1 aromatic carbocycles. The highest BCUT2D eigenvalue weighted by molar-refractivity contribution is 7.20. The molecule has 8 heteroatoms. The third kappa shape index (κ3) is 3.61. The summed E-state index contributed by atoms with van der Waals surface area (Å²) in [4.78, 5) is 31.2. The molecule has 0 saturated carbocycles. The first kappa shape index (κ1) is 16.7.